The third-order valence-corrected chi connectivity index (χ3v) is 6.56. The molecule has 150 valence electrons. The molecule has 27 heavy (non-hydrogen) atoms. The maximum atomic E-state index is 11.7. The van der Waals surface area contributed by atoms with E-state index in [4.69, 9.17) is 14.0 Å². The highest BCUT2D eigenvalue weighted by atomic mass is 32.2. The van der Waals surface area contributed by atoms with Gasteiger partial charge in [0.2, 0.25) is 5.88 Å². The van der Waals surface area contributed by atoms with E-state index >= 15 is 0 Å². The van der Waals surface area contributed by atoms with Gasteiger partial charge >= 0.3 is 7.12 Å². The summed E-state index contributed by atoms with van der Waals surface area (Å²) in [6.45, 7) is 7.95. The van der Waals surface area contributed by atoms with Gasteiger partial charge in [0.25, 0.3) is 0 Å². The Balaban J connectivity index is 1.93. The lowest BCUT2D eigenvalue weighted by molar-refractivity contribution is 0.00578. The number of hydrogen-bond acceptors (Lipinski definition) is 6. The van der Waals surface area contributed by atoms with Crippen molar-refractivity contribution in [3.8, 4) is 5.88 Å². The van der Waals surface area contributed by atoms with Crippen LogP contribution in [-0.2, 0) is 24.9 Å². The van der Waals surface area contributed by atoms with Gasteiger partial charge in [-0.2, -0.15) is 0 Å². The van der Waals surface area contributed by atoms with Crippen molar-refractivity contribution in [3.63, 3.8) is 0 Å². The molecule has 0 unspecified atom stereocenters. The summed E-state index contributed by atoms with van der Waals surface area (Å²) >= 11 is 0. The van der Waals surface area contributed by atoms with E-state index in [1.807, 2.05) is 27.7 Å². The zero-order valence-corrected chi connectivity index (χ0v) is 17.8. The third-order valence-electron chi connectivity index (χ3n) is 5.70. The second kappa shape index (κ2) is 7.37. The van der Waals surface area contributed by atoms with Crippen molar-refractivity contribution in [2.24, 2.45) is 0 Å². The van der Waals surface area contributed by atoms with Gasteiger partial charge in [0.1, 0.15) is 6.10 Å². The van der Waals surface area contributed by atoms with Crippen molar-refractivity contribution in [2.75, 3.05) is 6.26 Å². The molecule has 3 rings (SSSR count). The fourth-order valence-corrected chi connectivity index (χ4v) is 4.24. The van der Waals surface area contributed by atoms with Crippen LogP contribution in [0.15, 0.2) is 12.3 Å². The molecule has 0 spiro atoms. The van der Waals surface area contributed by atoms with E-state index in [0.717, 1.165) is 25.7 Å². The fourth-order valence-electron chi connectivity index (χ4n) is 3.47. The van der Waals surface area contributed by atoms with Crippen molar-refractivity contribution in [1.29, 1.82) is 0 Å². The van der Waals surface area contributed by atoms with Crippen LogP contribution in [0.4, 0.5) is 0 Å². The minimum Gasteiger partial charge on any atom is -0.475 e. The van der Waals surface area contributed by atoms with Gasteiger partial charge < -0.3 is 14.0 Å². The molecule has 0 atom stereocenters. The van der Waals surface area contributed by atoms with Crippen LogP contribution in [0.1, 0.15) is 65.4 Å². The van der Waals surface area contributed by atoms with Gasteiger partial charge in [-0.25, -0.2) is 13.4 Å². The van der Waals surface area contributed by atoms with Crippen LogP contribution < -0.4 is 10.2 Å². The van der Waals surface area contributed by atoms with Gasteiger partial charge in [-0.15, -0.1) is 0 Å². The predicted molar refractivity (Wildman–Crippen MR) is 106 cm³/mol. The molecular weight excluding hydrogens is 365 g/mol. The Morgan fingerprint density at radius 3 is 2.30 bits per heavy atom. The summed E-state index contributed by atoms with van der Waals surface area (Å²) in [7, 11) is -3.80. The largest absolute Gasteiger partial charge is 0.500 e. The van der Waals surface area contributed by atoms with Gasteiger partial charge in [-0.1, -0.05) is 12.5 Å². The highest BCUT2D eigenvalue weighted by Gasteiger charge is 2.52. The van der Waals surface area contributed by atoms with Gasteiger partial charge in [0.05, 0.1) is 17.0 Å². The SMILES string of the molecule is CC1(C)OB(c2cc(CS(C)(=O)=O)cnc2OC2CCCCC2)OC1(C)C. The van der Waals surface area contributed by atoms with Crippen LogP contribution in [0, 0.1) is 0 Å². The molecule has 1 saturated heterocycles. The summed E-state index contributed by atoms with van der Waals surface area (Å²) in [5.74, 6) is 0.411. The highest BCUT2D eigenvalue weighted by molar-refractivity contribution is 7.89. The molecule has 0 amide bonds. The monoisotopic (exact) mass is 395 g/mol. The Bertz CT molecular complexity index is 771. The molecule has 8 heteroatoms. The van der Waals surface area contributed by atoms with Gasteiger partial charge in [0.15, 0.2) is 9.84 Å². The Morgan fingerprint density at radius 2 is 1.74 bits per heavy atom. The minimum atomic E-state index is -3.17. The zero-order valence-electron chi connectivity index (χ0n) is 16.9. The van der Waals surface area contributed by atoms with E-state index in [1.165, 1.54) is 12.7 Å². The molecule has 2 heterocycles. The number of aromatic nitrogens is 1. The molecule has 2 fully saturated rings. The number of ether oxygens (including phenoxy) is 1. The fraction of sp³-hybridized carbons (Fsp3) is 0.737. The molecule has 0 radical (unpaired) electrons. The standard InChI is InChI=1S/C19H30BNO5S/c1-18(2)19(3,4)26-20(25-18)16-11-14(13-27(5,22)23)12-21-17(16)24-15-9-7-6-8-10-15/h11-12,15H,6-10,13H2,1-5H3. The maximum Gasteiger partial charge on any atom is 0.500 e. The smallest absolute Gasteiger partial charge is 0.475 e. The van der Waals surface area contributed by atoms with E-state index in [1.54, 1.807) is 12.3 Å². The highest BCUT2D eigenvalue weighted by Crippen LogP contribution is 2.37. The van der Waals surface area contributed by atoms with E-state index in [9.17, 15) is 8.42 Å². The summed E-state index contributed by atoms with van der Waals surface area (Å²) in [6, 6.07) is 1.80. The summed E-state index contributed by atoms with van der Waals surface area (Å²) in [5, 5.41) is 0. The van der Waals surface area contributed by atoms with E-state index < -0.39 is 28.2 Å². The summed E-state index contributed by atoms with van der Waals surface area (Å²) in [6.07, 6.45) is 8.50. The number of rotatable bonds is 5. The summed E-state index contributed by atoms with van der Waals surface area (Å²) in [4.78, 5) is 4.45. The first-order chi connectivity index (χ1) is 12.5. The minimum absolute atomic E-state index is 0.0732. The molecule has 1 saturated carbocycles. The maximum absolute atomic E-state index is 11.7. The Kier molecular flexibility index (Phi) is 5.63. The first-order valence-corrected chi connectivity index (χ1v) is 11.7. The predicted octanol–water partition coefficient (Wildman–Crippen LogP) is 2.64. The van der Waals surface area contributed by atoms with Crippen molar-refractivity contribution >= 4 is 22.4 Å². The lowest BCUT2D eigenvalue weighted by Crippen LogP contribution is -2.41. The average Bonchev–Trinajstić information content (AvgIpc) is 2.76. The van der Waals surface area contributed by atoms with Gasteiger partial charge in [-0.05, 0) is 58.9 Å². The molecule has 0 bridgehead atoms. The van der Waals surface area contributed by atoms with Crippen LogP contribution in [0.5, 0.6) is 5.88 Å². The molecule has 0 aromatic carbocycles. The van der Waals surface area contributed by atoms with Crippen LogP contribution >= 0.6 is 0 Å². The second-order valence-electron chi connectivity index (χ2n) is 8.77. The molecule has 0 N–H and O–H groups in total. The lowest BCUT2D eigenvalue weighted by Gasteiger charge is -2.32. The van der Waals surface area contributed by atoms with Crippen LogP contribution in [0.2, 0.25) is 0 Å². The van der Waals surface area contributed by atoms with Gasteiger partial charge in [0, 0.05) is 17.9 Å². The van der Waals surface area contributed by atoms with Crippen molar-refractivity contribution in [1.82, 2.24) is 4.98 Å². The third kappa shape index (κ3) is 4.84. The topological polar surface area (TPSA) is 74.7 Å². The quantitative estimate of drug-likeness (QED) is 0.714. The zero-order chi connectivity index (χ0) is 19.9. The average molecular weight is 395 g/mol. The molecule has 2 aliphatic rings. The Labute approximate surface area is 163 Å². The molecule has 1 aromatic rings. The second-order valence-corrected chi connectivity index (χ2v) is 10.9. The first-order valence-electron chi connectivity index (χ1n) is 9.66. The van der Waals surface area contributed by atoms with Crippen molar-refractivity contribution < 1.29 is 22.5 Å². The molecular formula is C19H30BNO5S. The Hall–Kier alpha value is -1.12. The molecule has 1 aliphatic carbocycles. The number of nitrogens with zero attached hydrogens (tertiary/aromatic N) is 1. The lowest BCUT2D eigenvalue weighted by atomic mass is 9.79. The molecule has 6 nitrogen and oxygen atoms in total. The number of hydrogen-bond donors (Lipinski definition) is 0. The van der Waals surface area contributed by atoms with E-state index in [-0.39, 0.29) is 11.9 Å². The number of sulfone groups is 1. The van der Waals surface area contributed by atoms with Crippen LogP contribution in [0.3, 0.4) is 0 Å². The van der Waals surface area contributed by atoms with Crippen molar-refractivity contribution in [2.45, 2.75) is 82.9 Å². The first kappa shape index (κ1) is 20.6. The summed E-state index contributed by atoms with van der Waals surface area (Å²) in [5.41, 5.74) is 0.290. The number of pyridine rings is 1. The van der Waals surface area contributed by atoms with Crippen LogP contribution in [0.25, 0.3) is 0 Å². The molecule has 1 aliphatic heterocycles. The van der Waals surface area contributed by atoms with Gasteiger partial charge in [-0.3, -0.25) is 0 Å². The Morgan fingerprint density at radius 1 is 1.15 bits per heavy atom. The molecule has 1 aromatic heterocycles. The van der Waals surface area contributed by atoms with Crippen LogP contribution in [-0.4, -0.2) is 44.1 Å². The van der Waals surface area contributed by atoms with E-state index in [0.29, 0.717) is 16.9 Å². The summed E-state index contributed by atoms with van der Waals surface area (Å²) < 4.78 is 42.0. The normalized spacial score (nSPS) is 22.8. The van der Waals surface area contributed by atoms with E-state index in [2.05, 4.69) is 4.98 Å². The van der Waals surface area contributed by atoms with Crippen molar-refractivity contribution in [3.05, 3.63) is 17.8 Å².